The van der Waals surface area contributed by atoms with Crippen LogP contribution in [-0.2, 0) is 5.41 Å². The Balaban J connectivity index is 3.20. The van der Waals surface area contributed by atoms with Crippen LogP contribution in [0.5, 0.6) is 0 Å². The van der Waals surface area contributed by atoms with Crippen LogP contribution in [0, 0.1) is 5.82 Å². The van der Waals surface area contributed by atoms with E-state index in [4.69, 9.17) is 5.73 Å². The summed E-state index contributed by atoms with van der Waals surface area (Å²) in [5, 5.41) is 9.26. The molecule has 0 spiro atoms. The average molecular weight is 239 g/mol. The molecule has 17 heavy (non-hydrogen) atoms. The number of aliphatic hydroxyl groups is 1. The number of rotatable bonds is 6. The van der Waals surface area contributed by atoms with Crippen molar-refractivity contribution in [1.29, 1.82) is 0 Å². The van der Waals surface area contributed by atoms with Crippen LogP contribution in [0.15, 0.2) is 24.3 Å². The SMILES string of the molecule is CCC(N)C(CC)(CCO)c1cccc(F)c1. The minimum absolute atomic E-state index is 0.0675. The van der Waals surface area contributed by atoms with E-state index in [-0.39, 0.29) is 23.9 Å². The molecule has 2 unspecified atom stereocenters. The largest absolute Gasteiger partial charge is 0.396 e. The van der Waals surface area contributed by atoms with Crippen LogP contribution in [0.4, 0.5) is 4.39 Å². The molecule has 96 valence electrons. The lowest BCUT2D eigenvalue weighted by Crippen LogP contribution is -2.45. The summed E-state index contributed by atoms with van der Waals surface area (Å²) in [5.74, 6) is -0.249. The highest BCUT2D eigenvalue weighted by Crippen LogP contribution is 2.35. The monoisotopic (exact) mass is 239 g/mol. The molecule has 3 N–H and O–H groups in total. The van der Waals surface area contributed by atoms with E-state index >= 15 is 0 Å². The van der Waals surface area contributed by atoms with Crippen molar-refractivity contribution in [1.82, 2.24) is 0 Å². The topological polar surface area (TPSA) is 46.2 Å². The smallest absolute Gasteiger partial charge is 0.123 e. The summed E-state index contributed by atoms with van der Waals surface area (Å²) in [5.41, 5.74) is 6.76. The molecule has 0 amide bonds. The Kier molecular flexibility index (Phi) is 5.09. The summed E-state index contributed by atoms with van der Waals surface area (Å²) in [7, 11) is 0. The third kappa shape index (κ3) is 2.85. The molecule has 0 radical (unpaired) electrons. The first kappa shape index (κ1) is 14.1. The molecule has 2 nitrogen and oxygen atoms in total. The van der Waals surface area contributed by atoms with Crippen LogP contribution in [0.25, 0.3) is 0 Å². The summed E-state index contributed by atoms with van der Waals surface area (Å²) in [6.07, 6.45) is 2.18. The third-order valence-electron chi connectivity index (χ3n) is 3.74. The van der Waals surface area contributed by atoms with E-state index in [0.717, 1.165) is 18.4 Å². The van der Waals surface area contributed by atoms with Gasteiger partial charge in [0, 0.05) is 18.1 Å². The molecular weight excluding hydrogens is 217 g/mol. The van der Waals surface area contributed by atoms with E-state index in [0.29, 0.717) is 6.42 Å². The van der Waals surface area contributed by atoms with Gasteiger partial charge in [0.2, 0.25) is 0 Å². The predicted octanol–water partition coefficient (Wildman–Crippen LogP) is 2.59. The van der Waals surface area contributed by atoms with Gasteiger partial charge in [-0.25, -0.2) is 4.39 Å². The molecule has 0 aliphatic heterocycles. The second kappa shape index (κ2) is 6.12. The Morgan fingerprint density at radius 1 is 1.41 bits per heavy atom. The number of halogens is 1. The van der Waals surface area contributed by atoms with Crippen molar-refractivity contribution in [2.75, 3.05) is 6.61 Å². The Hall–Kier alpha value is -0.930. The molecule has 0 aromatic heterocycles. The van der Waals surface area contributed by atoms with Gasteiger partial charge in [-0.1, -0.05) is 26.0 Å². The van der Waals surface area contributed by atoms with Crippen molar-refractivity contribution in [3.8, 4) is 0 Å². The van der Waals surface area contributed by atoms with Gasteiger partial charge in [-0.05, 0) is 37.0 Å². The van der Waals surface area contributed by atoms with Crippen molar-refractivity contribution in [3.05, 3.63) is 35.6 Å². The molecule has 0 aliphatic rings. The van der Waals surface area contributed by atoms with Crippen LogP contribution in [-0.4, -0.2) is 17.8 Å². The average Bonchev–Trinajstić information content (AvgIpc) is 2.35. The zero-order chi connectivity index (χ0) is 12.9. The van der Waals surface area contributed by atoms with Crippen LogP contribution in [0.3, 0.4) is 0 Å². The molecule has 0 fully saturated rings. The highest BCUT2D eigenvalue weighted by molar-refractivity contribution is 5.28. The van der Waals surface area contributed by atoms with Gasteiger partial charge in [-0.3, -0.25) is 0 Å². The van der Waals surface area contributed by atoms with Crippen molar-refractivity contribution < 1.29 is 9.50 Å². The second-order valence-electron chi connectivity index (χ2n) is 4.51. The maximum absolute atomic E-state index is 13.3. The van der Waals surface area contributed by atoms with Crippen molar-refractivity contribution in [3.63, 3.8) is 0 Å². The quantitative estimate of drug-likeness (QED) is 0.801. The maximum Gasteiger partial charge on any atom is 0.123 e. The molecule has 2 atom stereocenters. The minimum atomic E-state index is -0.328. The lowest BCUT2D eigenvalue weighted by Gasteiger charge is -2.38. The molecule has 1 rings (SSSR count). The van der Waals surface area contributed by atoms with Gasteiger partial charge in [0.05, 0.1) is 0 Å². The molecule has 0 bridgehead atoms. The van der Waals surface area contributed by atoms with E-state index in [1.807, 2.05) is 19.9 Å². The van der Waals surface area contributed by atoms with Crippen molar-refractivity contribution in [2.45, 2.75) is 44.6 Å². The highest BCUT2D eigenvalue weighted by Gasteiger charge is 2.35. The summed E-state index contributed by atoms with van der Waals surface area (Å²) in [6, 6.07) is 6.50. The standard InChI is InChI=1S/C14H22FNO/c1-3-13(16)14(4-2,8-9-17)11-6-5-7-12(15)10-11/h5-7,10,13,17H,3-4,8-9,16H2,1-2H3. The number of benzene rings is 1. The van der Waals surface area contributed by atoms with E-state index in [1.165, 1.54) is 12.1 Å². The van der Waals surface area contributed by atoms with Gasteiger partial charge in [0.25, 0.3) is 0 Å². The van der Waals surface area contributed by atoms with E-state index in [1.54, 1.807) is 6.07 Å². The lowest BCUT2D eigenvalue weighted by molar-refractivity contribution is 0.206. The number of hydrogen-bond donors (Lipinski definition) is 2. The summed E-state index contributed by atoms with van der Waals surface area (Å²) in [6.45, 7) is 4.12. The summed E-state index contributed by atoms with van der Waals surface area (Å²) in [4.78, 5) is 0. The molecule has 1 aromatic rings. The van der Waals surface area contributed by atoms with E-state index in [9.17, 15) is 9.50 Å². The van der Waals surface area contributed by atoms with Crippen LogP contribution in [0.2, 0.25) is 0 Å². The molecule has 0 aliphatic carbocycles. The molecule has 0 heterocycles. The van der Waals surface area contributed by atoms with Gasteiger partial charge in [0.15, 0.2) is 0 Å². The molecule has 3 heteroatoms. The molecule has 0 saturated carbocycles. The normalized spacial score (nSPS) is 16.5. The molecule has 0 saturated heterocycles. The Bertz CT molecular complexity index is 356. The van der Waals surface area contributed by atoms with Crippen LogP contribution in [0.1, 0.15) is 38.7 Å². The Labute approximate surface area is 103 Å². The van der Waals surface area contributed by atoms with Gasteiger partial charge in [-0.15, -0.1) is 0 Å². The summed E-state index contributed by atoms with van der Waals surface area (Å²) < 4.78 is 13.3. The fraction of sp³-hybridized carbons (Fsp3) is 0.571. The first-order valence-electron chi connectivity index (χ1n) is 6.23. The fourth-order valence-electron chi connectivity index (χ4n) is 2.58. The Morgan fingerprint density at radius 2 is 2.12 bits per heavy atom. The van der Waals surface area contributed by atoms with Gasteiger partial charge in [0.1, 0.15) is 5.82 Å². The third-order valence-corrected chi connectivity index (χ3v) is 3.74. The highest BCUT2D eigenvalue weighted by atomic mass is 19.1. The minimum Gasteiger partial charge on any atom is -0.396 e. The van der Waals surface area contributed by atoms with Gasteiger partial charge < -0.3 is 10.8 Å². The Morgan fingerprint density at radius 3 is 2.59 bits per heavy atom. The van der Waals surface area contributed by atoms with Crippen molar-refractivity contribution in [2.24, 2.45) is 5.73 Å². The van der Waals surface area contributed by atoms with E-state index in [2.05, 4.69) is 0 Å². The predicted molar refractivity (Wildman–Crippen MR) is 68.3 cm³/mol. The van der Waals surface area contributed by atoms with Crippen LogP contribution >= 0.6 is 0 Å². The van der Waals surface area contributed by atoms with Crippen molar-refractivity contribution >= 4 is 0 Å². The lowest BCUT2D eigenvalue weighted by atomic mass is 9.69. The first-order chi connectivity index (χ1) is 8.10. The molecule has 1 aromatic carbocycles. The number of nitrogens with two attached hydrogens (primary N) is 1. The maximum atomic E-state index is 13.3. The molecular formula is C14H22FNO. The van der Waals surface area contributed by atoms with Crippen LogP contribution < -0.4 is 5.73 Å². The van der Waals surface area contributed by atoms with E-state index < -0.39 is 0 Å². The first-order valence-corrected chi connectivity index (χ1v) is 6.23. The number of hydrogen-bond acceptors (Lipinski definition) is 2. The zero-order valence-corrected chi connectivity index (χ0v) is 10.6. The van der Waals surface area contributed by atoms with Gasteiger partial charge >= 0.3 is 0 Å². The van der Waals surface area contributed by atoms with Gasteiger partial charge in [-0.2, -0.15) is 0 Å². The fourth-order valence-corrected chi connectivity index (χ4v) is 2.58. The zero-order valence-electron chi connectivity index (χ0n) is 10.6. The summed E-state index contributed by atoms with van der Waals surface area (Å²) >= 11 is 0. The number of aliphatic hydroxyl groups excluding tert-OH is 1. The second-order valence-corrected chi connectivity index (χ2v) is 4.51.